The van der Waals surface area contributed by atoms with E-state index in [-0.39, 0.29) is 5.78 Å². The van der Waals surface area contributed by atoms with Gasteiger partial charge in [0.25, 0.3) is 0 Å². The minimum atomic E-state index is 0.136. The summed E-state index contributed by atoms with van der Waals surface area (Å²) in [5.74, 6) is 1.24. The van der Waals surface area contributed by atoms with Crippen LogP contribution < -0.4 is 0 Å². The third-order valence-corrected chi connectivity index (χ3v) is 2.61. The van der Waals surface area contributed by atoms with E-state index < -0.39 is 0 Å². The zero-order valence-corrected chi connectivity index (χ0v) is 8.22. The number of carbonyl (C=O) groups is 1. The number of hydrogen-bond acceptors (Lipinski definition) is 3. The molecule has 0 N–H and O–H groups in total. The molecule has 4 heteroatoms. The minimum Gasteiger partial charge on any atom is -0.359 e. The predicted molar refractivity (Wildman–Crippen MR) is 46.0 cm³/mol. The van der Waals surface area contributed by atoms with Crippen LogP contribution in [0.1, 0.15) is 29.5 Å². The molecule has 0 aliphatic heterocycles. The molecule has 1 heterocycles. The van der Waals surface area contributed by atoms with Gasteiger partial charge in [0.1, 0.15) is 5.76 Å². The van der Waals surface area contributed by atoms with Crippen molar-refractivity contribution < 1.29 is 9.32 Å². The number of rotatable bonds is 0. The SMILES string of the molecule is CC1CC(=O)c2c(Br)noc2C1. The van der Waals surface area contributed by atoms with Crippen LogP contribution in [0.15, 0.2) is 9.13 Å². The number of Topliss-reactive ketones (excluding diaryl/α,β-unsaturated/α-hetero) is 1. The highest BCUT2D eigenvalue weighted by molar-refractivity contribution is 9.10. The molecule has 1 atom stereocenters. The fraction of sp³-hybridized carbons (Fsp3) is 0.500. The van der Waals surface area contributed by atoms with Crippen LogP contribution in [0.2, 0.25) is 0 Å². The van der Waals surface area contributed by atoms with E-state index in [9.17, 15) is 4.79 Å². The first-order valence-electron chi connectivity index (χ1n) is 3.85. The zero-order valence-electron chi connectivity index (χ0n) is 6.63. The minimum absolute atomic E-state index is 0.136. The Kier molecular flexibility index (Phi) is 1.79. The van der Waals surface area contributed by atoms with Crippen molar-refractivity contribution in [3.63, 3.8) is 0 Å². The molecule has 0 saturated heterocycles. The number of fused-ring (bicyclic) bond motifs is 1. The molecule has 0 bridgehead atoms. The predicted octanol–water partition coefficient (Wildman–Crippen LogP) is 2.20. The Balaban J connectivity index is 2.50. The molecule has 12 heavy (non-hydrogen) atoms. The van der Waals surface area contributed by atoms with Crippen molar-refractivity contribution in [1.82, 2.24) is 5.16 Å². The lowest BCUT2D eigenvalue weighted by molar-refractivity contribution is 0.0947. The number of carbonyl (C=O) groups excluding carboxylic acids is 1. The summed E-state index contributed by atoms with van der Waals surface area (Å²) in [6.45, 7) is 2.04. The highest BCUT2D eigenvalue weighted by Gasteiger charge is 2.28. The molecule has 1 aliphatic carbocycles. The molecular weight excluding hydrogens is 222 g/mol. The Morgan fingerprint density at radius 1 is 1.58 bits per heavy atom. The highest BCUT2D eigenvalue weighted by atomic mass is 79.9. The van der Waals surface area contributed by atoms with Crippen LogP contribution in [-0.2, 0) is 6.42 Å². The molecule has 2 rings (SSSR count). The van der Waals surface area contributed by atoms with E-state index in [1.807, 2.05) is 6.92 Å². The third kappa shape index (κ3) is 1.10. The van der Waals surface area contributed by atoms with Crippen LogP contribution in [-0.4, -0.2) is 10.9 Å². The summed E-state index contributed by atoms with van der Waals surface area (Å²) in [5.41, 5.74) is 0.646. The number of halogens is 1. The van der Waals surface area contributed by atoms with Gasteiger partial charge in [-0.3, -0.25) is 4.79 Å². The lowest BCUT2D eigenvalue weighted by Gasteiger charge is -2.14. The highest BCUT2D eigenvalue weighted by Crippen LogP contribution is 2.29. The van der Waals surface area contributed by atoms with E-state index >= 15 is 0 Å². The van der Waals surface area contributed by atoms with Gasteiger partial charge in [-0.05, 0) is 21.8 Å². The van der Waals surface area contributed by atoms with Gasteiger partial charge < -0.3 is 4.52 Å². The van der Waals surface area contributed by atoms with Gasteiger partial charge in [0.2, 0.25) is 0 Å². The summed E-state index contributed by atoms with van der Waals surface area (Å²) >= 11 is 3.19. The van der Waals surface area contributed by atoms with Gasteiger partial charge in [0, 0.05) is 12.8 Å². The van der Waals surface area contributed by atoms with E-state index in [2.05, 4.69) is 21.1 Å². The number of aromatic nitrogens is 1. The summed E-state index contributed by atoms with van der Waals surface area (Å²) in [6.07, 6.45) is 1.42. The van der Waals surface area contributed by atoms with E-state index in [1.165, 1.54) is 0 Å². The van der Waals surface area contributed by atoms with Gasteiger partial charge in [-0.2, -0.15) is 0 Å². The lowest BCUT2D eigenvalue weighted by atomic mass is 9.89. The smallest absolute Gasteiger partial charge is 0.169 e. The second kappa shape index (κ2) is 2.69. The average molecular weight is 230 g/mol. The summed E-state index contributed by atoms with van der Waals surface area (Å²) < 4.78 is 5.56. The molecule has 0 amide bonds. The second-order valence-corrected chi connectivity index (χ2v) is 3.96. The molecule has 1 aromatic rings. The molecule has 64 valence electrons. The molecule has 0 saturated carbocycles. The summed E-state index contributed by atoms with van der Waals surface area (Å²) in [4.78, 5) is 11.4. The monoisotopic (exact) mass is 229 g/mol. The number of hydrogen-bond donors (Lipinski definition) is 0. The van der Waals surface area contributed by atoms with Crippen molar-refractivity contribution in [2.45, 2.75) is 19.8 Å². The van der Waals surface area contributed by atoms with Gasteiger partial charge >= 0.3 is 0 Å². The van der Waals surface area contributed by atoms with Crippen molar-refractivity contribution >= 4 is 21.7 Å². The standard InChI is InChI=1S/C8H8BrNO2/c1-4-2-5(11)7-6(3-4)12-10-8(7)9/h4H,2-3H2,1H3. The van der Waals surface area contributed by atoms with Crippen LogP contribution in [0.25, 0.3) is 0 Å². The normalized spacial score (nSPS) is 22.5. The van der Waals surface area contributed by atoms with Crippen LogP contribution >= 0.6 is 15.9 Å². The molecule has 0 fully saturated rings. The average Bonchev–Trinajstić information content (AvgIpc) is 2.31. The van der Waals surface area contributed by atoms with Crippen LogP contribution in [0, 0.1) is 5.92 Å². The zero-order chi connectivity index (χ0) is 8.72. The van der Waals surface area contributed by atoms with Gasteiger partial charge in [-0.15, -0.1) is 0 Å². The van der Waals surface area contributed by atoms with E-state index in [4.69, 9.17) is 4.52 Å². The molecule has 0 spiro atoms. The number of ketones is 1. The first kappa shape index (κ1) is 7.98. The van der Waals surface area contributed by atoms with Crippen molar-refractivity contribution in [2.75, 3.05) is 0 Å². The lowest BCUT2D eigenvalue weighted by Crippen LogP contribution is -2.16. The van der Waals surface area contributed by atoms with Crippen molar-refractivity contribution in [2.24, 2.45) is 5.92 Å². The van der Waals surface area contributed by atoms with Gasteiger partial charge in [-0.1, -0.05) is 12.1 Å². The van der Waals surface area contributed by atoms with Crippen LogP contribution in [0.5, 0.6) is 0 Å². The Hall–Kier alpha value is -0.640. The maximum absolute atomic E-state index is 11.4. The second-order valence-electron chi connectivity index (χ2n) is 3.21. The summed E-state index contributed by atoms with van der Waals surface area (Å²) in [7, 11) is 0. The Morgan fingerprint density at radius 2 is 2.33 bits per heavy atom. The molecular formula is C8H8BrNO2. The Labute approximate surface area is 78.2 Å². The first-order chi connectivity index (χ1) is 5.68. The molecule has 1 aliphatic rings. The van der Waals surface area contributed by atoms with E-state index in [1.54, 1.807) is 0 Å². The van der Waals surface area contributed by atoms with Crippen LogP contribution in [0.4, 0.5) is 0 Å². The first-order valence-corrected chi connectivity index (χ1v) is 4.65. The quantitative estimate of drug-likeness (QED) is 0.686. The molecule has 0 radical (unpaired) electrons. The summed E-state index contributed by atoms with van der Waals surface area (Å²) in [5, 5.41) is 3.70. The molecule has 3 nitrogen and oxygen atoms in total. The van der Waals surface area contributed by atoms with Crippen molar-refractivity contribution in [1.29, 1.82) is 0 Å². The van der Waals surface area contributed by atoms with Crippen molar-refractivity contribution in [3.05, 3.63) is 15.9 Å². The molecule has 0 aromatic carbocycles. The maximum Gasteiger partial charge on any atom is 0.169 e. The van der Waals surface area contributed by atoms with Gasteiger partial charge in [0.15, 0.2) is 10.4 Å². The van der Waals surface area contributed by atoms with E-state index in [0.29, 0.717) is 22.5 Å². The van der Waals surface area contributed by atoms with E-state index in [0.717, 1.165) is 12.2 Å². The molecule has 1 unspecified atom stereocenters. The third-order valence-electron chi connectivity index (χ3n) is 2.07. The van der Waals surface area contributed by atoms with Crippen molar-refractivity contribution in [3.8, 4) is 0 Å². The molecule has 1 aromatic heterocycles. The fourth-order valence-corrected chi connectivity index (χ4v) is 2.03. The largest absolute Gasteiger partial charge is 0.359 e. The van der Waals surface area contributed by atoms with Gasteiger partial charge in [-0.25, -0.2) is 0 Å². The van der Waals surface area contributed by atoms with Crippen LogP contribution in [0.3, 0.4) is 0 Å². The van der Waals surface area contributed by atoms with Gasteiger partial charge in [0.05, 0.1) is 5.56 Å². The Bertz CT molecular complexity index is 332. The topological polar surface area (TPSA) is 43.1 Å². The Morgan fingerprint density at radius 3 is 3.08 bits per heavy atom. The maximum atomic E-state index is 11.4. The number of nitrogens with zero attached hydrogens (tertiary/aromatic N) is 1. The summed E-state index contributed by atoms with van der Waals surface area (Å²) in [6, 6.07) is 0. The fourth-order valence-electron chi connectivity index (χ4n) is 1.52.